The van der Waals surface area contributed by atoms with Crippen LogP contribution < -0.4 is 16.0 Å². The van der Waals surface area contributed by atoms with Crippen LogP contribution in [-0.4, -0.2) is 82.2 Å². The molecular weight excluding hydrogens is 627 g/mol. The summed E-state index contributed by atoms with van der Waals surface area (Å²) >= 11 is 1.31. The number of carbonyl (C=O) groups excluding carboxylic acids is 4. The molecule has 0 aliphatic rings. The van der Waals surface area contributed by atoms with E-state index >= 15 is 0 Å². The van der Waals surface area contributed by atoms with Gasteiger partial charge in [0.1, 0.15) is 11.7 Å². The first-order valence-corrected chi connectivity index (χ1v) is 16.7. The molecule has 4 N–H and O–H groups in total. The smallest absolute Gasteiger partial charge is 0.270 e. The minimum atomic E-state index is -1.24. The van der Waals surface area contributed by atoms with E-state index in [9.17, 15) is 24.3 Å². The third-order valence-electron chi connectivity index (χ3n) is 7.45. The Hall–Kier alpha value is -4.74. The van der Waals surface area contributed by atoms with Crippen molar-refractivity contribution in [3.8, 4) is 0 Å². The van der Waals surface area contributed by atoms with Crippen molar-refractivity contribution < 1.29 is 24.3 Å². The molecule has 0 aliphatic heterocycles. The van der Waals surface area contributed by atoms with Gasteiger partial charge in [-0.05, 0) is 57.0 Å². The summed E-state index contributed by atoms with van der Waals surface area (Å²) in [6, 6.07) is 25.2. The summed E-state index contributed by atoms with van der Waals surface area (Å²) in [5.41, 5.74) is 1.67. The van der Waals surface area contributed by atoms with E-state index in [0.29, 0.717) is 16.0 Å². The molecule has 0 unspecified atom stereocenters. The van der Waals surface area contributed by atoms with Gasteiger partial charge >= 0.3 is 0 Å². The minimum Gasteiger partial charge on any atom is -0.390 e. The Morgan fingerprint density at radius 1 is 0.833 bits per heavy atom. The van der Waals surface area contributed by atoms with Crippen LogP contribution in [0.2, 0.25) is 0 Å². The van der Waals surface area contributed by atoms with Gasteiger partial charge in [-0.15, -0.1) is 11.8 Å². The normalized spacial score (nSPS) is 13.2. The molecule has 1 heterocycles. The molecule has 0 spiro atoms. The number of hydrogen-bond donors (Lipinski definition) is 4. The van der Waals surface area contributed by atoms with Gasteiger partial charge in [-0.3, -0.25) is 19.2 Å². The molecule has 0 radical (unpaired) electrons. The van der Waals surface area contributed by atoms with Crippen LogP contribution in [0, 0.1) is 0 Å². The molecule has 0 saturated carbocycles. The summed E-state index contributed by atoms with van der Waals surface area (Å²) in [6.45, 7) is 5.71. The van der Waals surface area contributed by atoms with Crippen LogP contribution in [0.25, 0.3) is 10.9 Å². The predicted molar refractivity (Wildman–Crippen MR) is 189 cm³/mol. The van der Waals surface area contributed by atoms with E-state index in [2.05, 4.69) is 20.9 Å². The number of nitrogens with one attached hydrogen (secondary N) is 3. The summed E-state index contributed by atoms with van der Waals surface area (Å²) in [7, 11) is 3.14. The summed E-state index contributed by atoms with van der Waals surface area (Å²) in [4.78, 5) is 59.4. The number of hydrogen-bond acceptors (Lipinski definition) is 7. The molecule has 252 valence electrons. The summed E-state index contributed by atoms with van der Waals surface area (Å²) in [6.07, 6.45) is -1.06. The van der Waals surface area contributed by atoms with E-state index in [-0.39, 0.29) is 36.1 Å². The van der Waals surface area contributed by atoms with Crippen LogP contribution in [0.5, 0.6) is 0 Å². The van der Waals surface area contributed by atoms with Crippen molar-refractivity contribution >= 4 is 46.3 Å². The fourth-order valence-corrected chi connectivity index (χ4v) is 5.98. The van der Waals surface area contributed by atoms with E-state index < -0.39 is 35.5 Å². The molecule has 3 atom stereocenters. The number of para-hydroxylation sites is 1. The Balaban J connectivity index is 1.54. The van der Waals surface area contributed by atoms with Crippen molar-refractivity contribution in [2.75, 3.05) is 19.8 Å². The molecule has 11 heteroatoms. The summed E-state index contributed by atoms with van der Waals surface area (Å²) < 4.78 is 0. The first-order valence-electron chi connectivity index (χ1n) is 15.7. The number of amides is 4. The molecule has 1 aromatic heterocycles. The molecule has 48 heavy (non-hydrogen) atoms. The molecule has 3 aromatic carbocycles. The molecule has 0 saturated heterocycles. The first kappa shape index (κ1) is 36.1. The number of aromatic nitrogens is 1. The second-order valence-corrected chi connectivity index (χ2v) is 13.9. The van der Waals surface area contributed by atoms with E-state index in [4.69, 9.17) is 0 Å². The summed E-state index contributed by atoms with van der Waals surface area (Å²) in [5.74, 6) is -1.64. The van der Waals surface area contributed by atoms with Gasteiger partial charge in [-0.2, -0.15) is 0 Å². The van der Waals surface area contributed by atoms with Crippen molar-refractivity contribution in [2.45, 2.75) is 62.2 Å². The van der Waals surface area contributed by atoms with Crippen LogP contribution in [0.1, 0.15) is 53.6 Å². The molecule has 4 amide bonds. The van der Waals surface area contributed by atoms with Crippen LogP contribution in [0.3, 0.4) is 0 Å². The van der Waals surface area contributed by atoms with E-state index in [1.165, 1.54) is 16.7 Å². The van der Waals surface area contributed by atoms with E-state index in [1.807, 2.05) is 81.4 Å². The van der Waals surface area contributed by atoms with Gasteiger partial charge in [0.2, 0.25) is 11.8 Å². The number of fused-ring (bicyclic) bond motifs is 1. The highest BCUT2D eigenvalue weighted by atomic mass is 32.2. The van der Waals surface area contributed by atoms with Gasteiger partial charge in [-0.25, -0.2) is 4.98 Å². The fraction of sp³-hybridized carbons (Fsp3) is 0.324. The average molecular weight is 670 g/mol. The highest BCUT2D eigenvalue weighted by Crippen LogP contribution is 2.25. The standard InChI is InChI=1S/C37H43N5O5S/c1-37(2,3)41-34(45)26-16-10-12-18-32(26)48-23-31(43)29(21-24-13-7-6-8-14-24)39-36(47)30(22-33(44)42(4)5)40-35(46)28-20-19-25-15-9-11-17-27(25)38-28/h6-20,29-31,43H,21-23H2,1-5H3,(H,39,47)(H,40,46)(H,41,45)/t29-,30-,31-/m0/s1. The monoisotopic (exact) mass is 669 g/mol. The van der Waals surface area contributed by atoms with Gasteiger partial charge in [0.05, 0.1) is 29.6 Å². The number of aliphatic hydroxyl groups excluding tert-OH is 1. The zero-order valence-electron chi connectivity index (χ0n) is 27.9. The summed E-state index contributed by atoms with van der Waals surface area (Å²) in [5, 5.41) is 20.9. The lowest BCUT2D eigenvalue weighted by Crippen LogP contribution is -2.54. The van der Waals surface area contributed by atoms with Crippen molar-refractivity contribution in [3.63, 3.8) is 0 Å². The number of carbonyl (C=O) groups is 4. The SMILES string of the molecule is CN(C)C(=O)C[C@H](NC(=O)c1ccc2ccccc2n1)C(=O)N[C@@H](Cc1ccccc1)[C@@H](O)CSc1ccccc1C(=O)NC(C)(C)C. The molecule has 0 aliphatic carbocycles. The lowest BCUT2D eigenvalue weighted by molar-refractivity contribution is -0.133. The zero-order chi connectivity index (χ0) is 34.8. The van der Waals surface area contributed by atoms with Crippen LogP contribution in [0.15, 0.2) is 95.9 Å². The molecule has 10 nitrogen and oxygen atoms in total. The quantitative estimate of drug-likeness (QED) is 0.156. The Morgan fingerprint density at radius 2 is 1.50 bits per heavy atom. The van der Waals surface area contributed by atoms with Crippen molar-refractivity contribution in [1.82, 2.24) is 25.8 Å². The fourth-order valence-electron chi connectivity index (χ4n) is 4.91. The van der Waals surface area contributed by atoms with Gasteiger partial charge < -0.3 is 26.0 Å². The molecule has 4 aromatic rings. The second-order valence-electron chi connectivity index (χ2n) is 12.8. The molecule has 4 rings (SSSR count). The minimum absolute atomic E-state index is 0.107. The average Bonchev–Trinajstić information content (AvgIpc) is 3.06. The second kappa shape index (κ2) is 16.4. The maximum atomic E-state index is 13.8. The van der Waals surface area contributed by atoms with Crippen LogP contribution in [-0.2, 0) is 16.0 Å². The lowest BCUT2D eigenvalue weighted by Gasteiger charge is -2.27. The predicted octanol–water partition coefficient (Wildman–Crippen LogP) is 4.22. The number of pyridine rings is 1. The lowest BCUT2D eigenvalue weighted by atomic mass is 10.0. The van der Waals surface area contributed by atoms with Crippen molar-refractivity contribution in [1.29, 1.82) is 0 Å². The molecular formula is C37H43N5O5S. The Morgan fingerprint density at radius 3 is 2.21 bits per heavy atom. The number of thioether (sulfide) groups is 1. The maximum Gasteiger partial charge on any atom is 0.270 e. The highest BCUT2D eigenvalue weighted by molar-refractivity contribution is 7.99. The number of nitrogens with zero attached hydrogens (tertiary/aromatic N) is 2. The van der Waals surface area contributed by atoms with Gasteiger partial charge in [0, 0.05) is 35.7 Å². The van der Waals surface area contributed by atoms with Crippen molar-refractivity contribution in [3.05, 3.63) is 108 Å². The first-order chi connectivity index (χ1) is 22.8. The number of aliphatic hydroxyl groups is 1. The number of rotatable bonds is 13. The maximum absolute atomic E-state index is 13.8. The van der Waals surface area contributed by atoms with Gasteiger partial charge in [-0.1, -0.05) is 66.7 Å². The third-order valence-corrected chi connectivity index (χ3v) is 8.63. The highest BCUT2D eigenvalue weighted by Gasteiger charge is 2.30. The topological polar surface area (TPSA) is 141 Å². The Kier molecular flexibility index (Phi) is 12.3. The molecule has 0 fully saturated rings. The molecule has 0 bridgehead atoms. The van der Waals surface area contributed by atoms with Crippen molar-refractivity contribution in [2.24, 2.45) is 0 Å². The largest absolute Gasteiger partial charge is 0.390 e. The van der Waals surface area contributed by atoms with Gasteiger partial charge in [0.15, 0.2) is 0 Å². The Bertz CT molecular complexity index is 1740. The van der Waals surface area contributed by atoms with Gasteiger partial charge in [0.25, 0.3) is 11.8 Å². The van der Waals surface area contributed by atoms with Crippen LogP contribution >= 0.6 is 11.8 Å². The van der Waals surface area contributed by atoms with E-state index in [0.717, 1.165) is 10.9 Å². The van der Waals surface area contributed by atoms with Crippen LogP contribution in [0.4, 0.5) is 0 Å². The number of benzene rings is 3. The Labute approximate surface area is 285 Å². The van der Waals surface area contributed by atoms with E-state index in [1.54, 1.807) is 44.4 Å². The third kappa shape index (κ3) is 10.4. The zero-order valence-corrected chi connectivity index (χ0v) is 28.7.